The number of aromatic nitrogens is 3. The molecule has 0 saturated carbocycles. The Morgan fingerprint density at radius 1 is 0.886 bits per heavy atom. The number of benzene rings is 2. The van der Waals surface area contributed by atoms with Crippen LogP contribution in [0.4, 0.5) is 10.2 Å². The summed E-state index contributed by atoms with van der Waals surface area (Å²) in [5.74, 6) is 0.630. The van der Waals surface area contributed by atoms with Gasteiger partial charge in [-0.25, -0.2) is 9.37 Å². The van der Waals surface area contributed by atoms with Crippen LogP contribution in [0.3, 0.4) is 0 Å². The summed E-state index contributed by atoms with van der Waals surface area (Å²) in [7, 11) is 0. The van der Waals surface area contributed by atoms with Gasteiger partial charge in [0.05, 0.1) is 16.9 Å². The summed E-state index contributed by atoms with van der Waals surface area (Å²) in [4.78, 5) is 8.86. The molecule has 0 aliphatic heterocycles. The van der Waals surface area contributed by atoms with Gasteiger partial charge in [0.2, 0.25) is 0 Å². The summed E-state index contributed by atoms with van der Waals surface area (Å²) in [6.07, 6.45) is 3.50. The van der Waals surface area contributed by atoms with E-state index in [1.165, 1.54) is 12.1 Å². The van der Waals surface area contributed by atoms with Crippen LogP contribution < -0.4 is 5.73 Å². The Kier molecular flexibility index (Phi) is 8.98. The van der Waals surface area contributed by atoms with Crippen molar-refractivity contribution in [3.05, 3.63) is 96.6 Å². The molecule has 5 aromatic rings. The lowest BCUT2D eigenvalue weighted by atomic mass is 10.1. The van der Waals surface area contributed by atoms with E-state index in [4.69, 9.17) is 17.3 Å². The van der Waals surface area contributed by atoms with Gasteiger partial charge in [-0.1, -0.05) is 39.8 Å². The van der Waals surface area contributed by atoms with E-state index in [9.17, 15) is 4.39 Å². The Morgan fingerprint density at radius 2 is 1.57 bits per heavy atom. The van der Waals surface area contributed by atoms with Crippen LogP contribution in [0.1, 0.15) is 33.3 Å². The standard InChI is InChI=1S/C25H18ClFN4.2C2H6/c26-14-16-3-9-20(10-4-16)31-23-13-22(17-5-7-19(27)8-6-17)30-15-18(23)12-24(31)21-2-1-11-29-25(21)28;2*1-2/h1-13,15H,14H2,(H2,28,29);2*1-2H3. The SMILES string of the molecule is CC.CC.Nc1ncccc1-c1cc2cnc(-c3ccc(F)cc3)cc2n1-c1ccc(CCl)cc1. The van der Waals surface area contributed by atoms with E-state index in [0.29, 0.717) is 11.7 Å². The highest BCUT2D eigenvalue weighted by Crippen LogP contribution is 2.35. The summed E-state index contributed by atoms with van der Waals surface area (Å²) >= 11 is 5.98. The number of hydrogen-bond acceptors (Lipinski definition) is 3. The van der Waals surface area contributed by atoms with Crippen LogP contribution in [0, 0.1) is 5.82 Å². The lowest BCUT2D eigenvalue weighted by molar-refractivity contribution is 0.628. The zero-order valence-electron chi connectivity index (χ0n) is 20.5. The second-order valence-corrected chi connectivity index (χ2v) is 7.50. The molecule has 0 spiro atoms. The second kappa shape index (κ2) is 12.1. The summed E-state index contributed by atoms with van der Waals surface area (Å²) < 4.78 is 15.5. The number of fused-ring (bicyclic) bond motifs is 1. The molecule has 2 N–H and O–H groups in total. The Hall–Kier alpha value is -3.70. The predicted octanol–water partition coefficient (Wildman–Crippen LogP) is 8.27. The third kappa shape index (κ3) is 5.52. The van der Waals surface area contributed by atoms with Crippen molar-refractivity contribution in [3.8, 4) is 28.2 Å². The van der Waals surface area contributed by atoms with Crippen molar-refractivity contribution in [2.75, 3.05) is 5.73 Å². The smallest absolute Gasteiger partial charge is 0.132 e. The first-order valence-corrected chi connectivity index (χ1v) is 12.3. The molecule has 0 aliphatic carbocycles. The van der Waals surface area contributed by atoms with Crippen molar-refractivity contribution >= 4 is 28.3 Å². The maximum Gasteiger partial charge on any atom is 0.132 e. The number of pyridine rings is 2. The summed E-state index contributed by atoms with van der Waals surface area (Å²) in [6, 6.07) is 22.3. The van der Waals surface area contributed by atoms with Gasteiger partial charge >= 0.3 is 0 Å². The van der Waals surface area contributed by atoms with Gasteiger partial charge in [0.15, 0.2) is 0 Å². The van der Waals surface area contributed by atoms with Gasteiger partial charge in [-0.15, -0.1) is 11.6 Å². The minimum absolute atomic E-state index is 0.276. The Balaban J connectivity index is 0.000000815. The molecule has 0 bridgehead atoms. The van der Waals surface area contributed by atoms with Crippen LogP contribution in [-0.2, 0) is 5.88 Å². The molecule has 35 heavy (non-hydrogen) atoms. The lowest BCUT2D eigenvalue weighted by Crippen LogP contribution is -2.00. The molecule has 0 unspecified atom stereocenters. The van der Waals surface area contributed by atoms with Crippen molar-refractivity contribution in [3.63, 3.8) is 0 Å². The minimum atomic E-state index is -0.276. The van der Waals surface area contributed by atoms with E-state index >= 15 is 0 Å². The molecule has 0 fully saturated rings. The summed E-state index contributed by atoms with van der Waals surface area (Å²) in [5.41, 5.74) is 12.5. The van der Waals surface area contributed by atoms with Gasteiger partial charge in [0, 0.05) is 40.5 Å². The number of anilines is 1. The minimum Gasteiger partial charge on any atom is -0.383 e. The van der Waals surface area contributed by atoms with Crippen molar-refractivity contribution in [2.45, 2.75) is 33.6 Å². The average Bonchev–Trinajstić information content (AvgIpc) is 3.30. The average molecular weight is 489 g/mol. The maximum atomic E-state index is 13.4. The first kappa shape index (κ1) is 25.9. The molecule has 5 rings (SSSR count). The number of nitrogen functional groups attached to an aromatic ring is 1. The molecule has 4 nitrogen and oxygen atoms in total. The van der Waals surface area contributed by atoms with Crippen LogP contribution >= 0.6 is 11.6 Å². The highest BCUT2D eigenvalue weighted by Gasteiger charge is 2.16. The largest absolute Gasteiger partial charge is 0.383 e. The fourth-order valence-electron chi connectivity index (χ4n) is 3.72. The van der Waals surface area contributed by atoms with Crippen LogP contribution in [0.2, 0.25) is 0 Å². The third-order valence-corrected chi connectivity index (χ3v) is 5.60. The number of halogens is 2. The van der Waals surface area contributed by atoms with Gasteiger partial charge in [-0.3, -0.25) is 4.98 Å². The molecule has 2 aromatic carbocycles. The molecular weight excluding hydrogens is 459 g/mol. The molecule has 0 radical (unpaired) electrons. The van der Waals surface area contributed by atoms with Gasteiger partial charge < -0.3 is 10.3 Å². The second-order valence-electron chi connectivity index (χ2n) is 7.24. The normalized spacial score (nSPS) is 10.2. The Labute approximate surface area is 211 Å². The Morgan fingerprint density at radius 3 is 2.20 bits per heavy atom. The van der Waals surface area contributed by atoms with Crippen molar-refractivity contribution < 1.29 is 4.39 Å². The zero-order valence-corrected chi connectivity index (χ0v) is 21.2. The van der Waals surface area contributed by atoms with Crippen LogP contribution in [0.25, 0.3) is 39.1 Å². The number of alkyl halides is 1. The molecule has 3 aromatic heterocycles. The van der Waals surface area contributed by atoms with Gasteiger partial charge in [-0.2, -0.15) is 0 Å². The van der Waals surface area contributed by atoms with Gasteiger partial charge in [0.25, 0.3) is 0 Å². The zero-order chi connectivity index (χ0) is 25.4. The molecule has 0 saturated heterocycles. The third-order valence-electron chi connectivity index (χ3n) is 5.29. The molecular formula is C29H30ClFN4. The monoisotopic (exact) mass is 488 g/mol. The summed E-state index contributed by atoms with van der Waals surface area (Å²) in [5, 5.41) is 0.963. The summed E-state index contributed by atoms with van der Waals surface area (Å²) in [6.45, 7) is 8.00. The highest BCUT2D eigenvalue weighted by atomic mass is 35.5. The van der Waals surface area contributed by atoms with Gasteiger partial charge in [-0.05, 0) is 66.2 Å². The van der Waals surface area contributed by atoms with E-state index in [2.05, 4.69) is 20.6 Å². The maximum absolute atomic E-state index is 13.4. The molecule has 3 heterocycles. The topological polar surface area (TPSA) is 56.7 Å². The number of hydrogen-bond donors (Lipinski definition) is 1. The van der Waals surface area contributed by atoms with Crippen molar-refractivity contribution in [1.82, 2.24) is 14.5 Å². The molecule has 0 amide bonds. The number of nitrogens with zero attached hydrogens (tertiary/aromatic N) is 3. The lowest BCUT2D eigenvalue weighted by Gasteiger charge is -2.13. The molecule has 180 valence electrons. The van der Waals surface area contributed by atoms with E-state index in [1.807, 2.05) is 76.4 Å². The Bertz CT molecular complexity index is 1380. The number of nitrogens with two attached hydrogens (primary N) is 1. The first-order valence-electron chi connectivity index (χ1n) is 11.8. The molecule has 0 aliphatic rings. The molecule has 6 heteroatoms. The predicted molar refractivity (Wildman–Crippen MR) is 146 cm³/mol. The van der Waals surface area contributed by atoms with E-state index in [0.717, 1.165) is 44.7 Å². The van der Waals surface area contributed by atoms with E-state index in [-0.39, 0.29) is 5.82 Å². The van der Waals surface area contributed by atoms with E-state index in [1.54, 1.807) is 18.3 Å². The van der Waals surface area contributed by atoms with E-state index < -0.39 is 0 Å². The van der Waals surface area contributed by atoms with Crippen molar-refractivity contribution in [2.24, 2.45) is 0 Å². The van der Waals surface area contributed by atoms with Crippen LogP contribution in [0.15, 0.2) is 85.2 Å². The van der Waals surface area contributed by atoms with Gasteiger partial charge in [0.1, 0.15) is 11.6 Å². The number of rotatable bonds is 4. The van der Waals surface area contributed by atoms with Crippen molar-refractivity contribution in [1.29, 1.82) is 0 Å². The first-order chi connectivity index (χ1) is 17.1. The fourth-order valence-corrected chi connectivity index (χ4v) is 3.90. The quantitative estimate of drug-likeness (QED) is 0.259. The highest BCUT2D eigenvalue weighted by molar-refractivity contribution is 6.17. The van der Waals surface area contributed by atoms with Crippen LogP contribution in [0.5, 0.6) is 0 Å². The fraction of sp³-hybridized carbons (Fsp3) is 0.172. The molecule has 0 atom stereocenters. The van der Waals surface area contributed by atoms with Crippen LogP contribution in [-0.4, -0.2) is 14.5 Å².